The molecule has 2 heterocycles. The molecule has 7 heteroatoms. The predicted molar refractivity (Wildman–Crippen MR) is 84.5 cm³/mol. The number of aliphatic hydroxyl groups is 1. The molecule has 0 spiro atoms. The Morgan fingerprint density at radius 2 is 2.00 bits per heavy atom. The first-order chi connectivity index (χ1) is 10.2. The van der Waals surface area contributed by atoms with Crippen LogP contribution in [0.25, 0.3) is 0 Å². The normalized spacial score (nSPS) is 18.8. The van der Waals surface area contributed by atoms with E-state index in [1.807, 2.05) is 0 Å². The molecule has 1 aromatic rings. The van der Waals surface area contributed by atoms with E-state index in [2.05, 4.69) is 38.6 Å². The first-order valence-electron chi connectivity index (χ1n) is 7.83. The Kier molecular flexibility index (Phi) is 5.55. The second-order valence-corrected chi connectivity index (χ2v) is 5.32. The van der Waals surface area contributed by atoms with Gasteiger partial charge in [0.05, 0.1) is 0 Å². The summed E-state index contributed by atoms with van der Waals surface area (Å²) >= 11 is 0. The second kappa shape index (κ2) is 7.40. The molecule has 1 aliphatic heterocycles. The number of nitrogen functional groups attached to an aromatic ring is 1. The Bertz CT molecular complexity index is 449. The highest BCUT2D eigenvalue weighted by Crippen LogP contribution is 2.25. The third-order valence-electron chi connectivity index (χ3n) is 4.02. The van der Waals surface area contributed by atoms with E-state index in [4.69, 9.17) is 5.73 Å². The first kappa shape index (κ1) is 15.8. The van der Waals surface area contributed by atoms with Gasteiger partial charge in [-0.2, -0.15) is 15.0 Å². The van der Waals surface area contributed by atoms with Crippen LogP contribution in [0.1, 0.15) is 39.5 Å². The summed E-state index contributed by atoms with van der Waals surface area (Å²) in [4.78, 5) is 17.4. The predicted octanol–water partition coefficient (Wildman–Crippen LogP) is 1.04. The number of aliphatic hydroxyl groups excluding tert-OH is 1. The van der Waals surface area contributed by atoms with Gasteiger partial charge in [-0.15, -0.1) is 0 Å². The minimum Gasteiger partial charge on any atom is -0.396 e. The van der Waals surface area contributed by atoms with Crippen LogP contribution < -0.4 is 15.5 Å². The summed E-state index contributed by atoms with van der Waals surface area (Å²) in [6.07, 6.45) is 4.11. The lowest BCUT2D eigenvalue weighted by atomic mass is 10.0. The van der Waals surface area contributed by atoms with E-state index in [-0.39, 0.29) is 18.6 Å². The molecular weight excluding hydrogens is 268 g/mol. The van der Waals surface area contributed by atoms with E-state index in [0.717, 1.165) is 38.9 Å². The number of nitrogens with two attached hydrogens (primary N) is 1. The van der Waals surface area contributed by atoms with Crippen molar-refractivity contribution < 1.29 is 5.11 Å². The van der Waals surface area contributed by atoms with Gasteiger partial charge in [-0.05, 0) is 39.5 Å². The molecule has 1 aliphatic rings. The molecule has 0 aliphatic carbocycles. The zero-order chi connectivity index (χ0) is 15.2. The van der Waals surface area contributed by atoms with Gasteiger partial charge in [-0.1, -0.05) is 0 Å². The zero-order valence-electron chi connectivity index (χ0n) is 13.0. The molecule has 1 fully saturated rings. The maximum atomic E-state index is 9.24. The van der Waals surface area contributed by atoms with Crippen LogP contribution in [0, 0.1) is 0 Å². The van der Waals surface area contributed by atoms with Crippen molar-refractivity contribution in [3.8, 4) is 0 Å². The van der Waals surface area contributed by atoms with Crippen LogP contribution in [-0.2, 0) is 0 Å². The lowest BCUT2D eigenvalue weighted by Crippen LogP contribution is -2.41. The summed E-state index contributed by atoms with van der Waals surface area (Å²) in [5, 5.41) is 9.24. The molecule has 118 valence electrons. The molecule has 1 aromatic heterocycles. The van der Waals surface area contributed by atoms with E-state index in [0.29, 0.717) is 11.9 Å². The Labute approximate surface area is 126 Å². The smallest absolute Gasteiger partial charge is 0.232 e. The lowest BCUT2D eigenvalue weighted by Gasteiger charge is -2.35. The van der Waals surface area contributed by atoms with Crippen molar-refractivity contribution in [1.29, 1.82) is 0 Å². The van der Waals surface area contributed by atoms with E-state index >= 15 is 0 Å². The molecule has 7 nitrogen and oxygen atoms in total. The Balaban J connectivity index is 2.28. The van der Waals surface area contributed by atoms with Gasteiger partial charge in [-0.25, -0.2) is 0 Å². The second-order valence-electron chi connectivity index (χ2n) is 5.32. The molecule has 2 rings (SSSR count). The Hall–Kier alpha value is -1.63. The monoisotopic (exact) mass is 294 g/mol. The molecule has 21 heavy (non-hydrogen) atoms. The molecule has 0 saturated carbocycles. The number of rotatable bonds is 6. The summed E-state index contributed by atoms with van der Waals surface area (Å²) in [6.45, 7) is 6.90. The average Bonchev–Trinajstić information content (AvgIpc) is 2.49. The summed E-state index contributed by atoms with van der Waals surface area (Å²) in [7, 11) is 0. The molecule has 1 unspecified atom stereocenters. The van der Waals surface area contributed by atoms with Crippen molar-refractivity contribution in [2.45, 2.75) is 45.6 Å². The lowest BCUT2D eigenvalue weighted by molar-refractivity contribution is 0.261. The summed E-state index contributed by atoms with van der Waals surface area (Å²) in [5.41, 5.74) is 5.87. The Morgan fingerprint density at radius 1 is 1.24 bits per heavy atom. The van der Waals surface area contributed by atoms with Gasteiger partial charge < -0.3 is 20.6 Å². The maximum Gasteiger partial charge on any atom is 0.232 e. The first-order valence-corrected chi connectivity index (χ1v) is 7.83. The van der Waals surface area contributed by atoms with Crippen LogP contribution in [0.5, 0.6) is 0 Å². The zero-order valence-corrected chi connectivity index (χ0v) is 13.0. The summed E-state index contributed by atoms with van der Waals surface area (Å²) in [6, 6.07) is 0.287. The number of nitrogens with zero attached hydrogens (tertiary/aromatic N) is 5. The van der Waals surface area contributed by atoms with E-state index in [9.17, 15) is 5.11 Å². The highest BCUT2D eigenvalue weighted by atomic mass is 16.3. The van der Waals surface area contributed by atoms with Gasteiger partial charge in [0.15, 0.2) is 0 Å². The quantitative estimate of drug-likeness (QED) is 0.810. The molecular formula is C14H26N6O. The van der Waals surface area contributed by atoms with Gasteiger partial charge in [-0.3, -0.25) is 0 Å². The van der Waals surface area contributed by atoms with Crippen molar-refractivity contribution in [2.24, 2.45) is 0 Å². The fourth-order valence-corrected chi connectivity index (χ4v) is 2.86. The largest absolute Gasteiger partial charge is 0.396 e. The van der Waals surface area contributed by atoms with Crippen LogP contribution >= 0.6 is 0 Å². The molecule has 3 N–H and O–H groups in total. The third-order valence-corrected chi connectivity index (χ3v) is 4.02. The van der Waals surface area contributed by atoms with Crippen molar-refractivity contribution in [3.63, 3.8) is 0 Å². The van der Waals surface area contributed by atoms with E-state index < -0.39 is 0 Å². The van der Waals surface area contributed by atoms with Crippen LogP contribution in [0.3, 0.4) is 0 Å². The van der Waals surface area contributed by atoms with Gasteiger partial charge in [0, 0.05) is 32.3 Å². The minimum absolute atomic E-state index is 0.185. The average molecular weight is 294 g/mol. The van der Waals surface area contributed by atoms with Crippen LogP contribution in [0.15, 0.2) is 0 Å². The van der Waals surface area contributed by atoms with Gasteiger partial charge in [0.1, 0.15) is 0 Å². The van der Waals surface area contributed by atoms with Crippen molar-refractivity contribution >= 4 is 17.8 Å². The standard InChI is InChI=1S/C14H26N6O/c1-3-19(4-2)13-16-12(15)17-14(18-13)20-9-6-5-7-11(20)8-10-21/h11,21H,3-10H2,1-2H3,(H2,15,16,17,18). The molecule has 0 aromatic carbocycles. The Morgan fingerprint density at radius 3 is 2.67 bits per heavy atom. The minimum atomic E-state index is 0.185. The molecule has 0 amide bonds. The van der Waals surface area contributed by atoms with Crippen molar-refractivity contribution in [1.82, 2.24) is 15.0 Å². The SMILES string of the molecule is CCN(CC)c1nc(N)nc(N2CCCCC2CCO)n1. The highest BCUT2D eigenvalue weighted by Gasteiger charge is 2.25. The maximum absolute atomic E-state index is 9.24. The highest BCUT2D eigenvalue weighted by molar-refractivity contribution is 5.44. The number of anilines is 3. The van der Waals surface area contributed by atoms with Gasteiger partial charge in [0.2, 0.25) is 17.8 Å². The fraction of sp³-hybridized carbons (Fsp3) is 0.786. The van der Waals surface area contributed by atoms with E-state index in [1.54, 1.807) is 0 Å². The fourth-order valence-electron chi connectivity index (χ4n) is 2.86. The molecule has 0 bridgehead atoms. The third kappa shape index (κ3) is 3.72. The number of piperidine rings is 1. The van der Waals surface area contributed by atoms with Crippen molar-refractivity contribution in [3.05, 3.63) is 0 Å². The molecule has 1 saturated heterocycles. The summed E-state index contributed by atoms with van der Waals surface area (Å²) in [5.74, 6) is 1.54. The number of hydrogen-bond donors (Lipinski definition) is 2. The summed E-state index contributed by atoms with van der Waals surface area (Å²) < 4.78 is 0. The molecule has 1 atom stereocenters. The number of hydrogen-bond acceptors (Lipinski definition) is 7. The van der Waals surface area contributed by atoms with E-state index in [1.165, 1.54) is 6.42 Å². The molecule has 0 radical (unpaired) electrons. The van der Waals surface area contributed by atoms with Crippen LogP contribution in [0.4, 0.5) is 17.8 Å². The van der Waals surface area contributed by atoms with Gasteiger partial charge >= 0.3 is 0 Å². The number of aromatic nitrogens is 3. The van der Waals surface area contributed by atoms with Crippen LogP contribution in [-0.4, -0.2) is 52.3 Å². The van der Waals surface area contributed by atoms with Crippen LogP contribution in [0.2, 0.25) is 0 Å². The van der Waals surface area contributed by atoms with Crippen molar-refractivity contribution in [2.75, 3.05) is 41.8 Å². The van der Waals surface area contributed by atoms with Gasteiger partial charge in [0.25, 0.3) is 0 Å². The topological polar surface area (TPSA) is 91.4 Å².